The number of carbonyl (C=O) groups is 1. The van der Waals surface area contributed by atoms with E-state index in [1.54, 1.807) is 32.3 Å². The average molecular weight is 244 g/mol. The minimum Gasteiger partial charge on any atom is -0.495 e. The van der Waals surface area contributed by atoms with Gasteiger partial charge in [0.2, 0.25) is 0 Å². The molecule has 0 spiro atoms. The fourth-order valence-corrected chi connectivity index (χ4v) is 1.38. The Labute approximate surface area is 99.3 Å². The third-order valence-electron chi connectivity index (χ3n) is 2.00. The summed E-state index contributed by atoms with van der Waals surface area (Å²) >= 11 is 5.93. The summed E-state index contributed by atoms with van der Waals surface area (Å²) in [6.07, 6.45) is 0. The number of hydrogen-bond acceptors (Lipinski definition) is 3. The standard InChI is InChI=1S/C10H14ClN3O2/c1-13(2)10(15)14(12)7-4-5-9(16-3)8(11)6-7/h4-6H,12H2,1-3H3. The van der Waals surface area contributed by atoms with Crippen LogP contribution in [0.3, 0.4) is 0 Å². The van der Waals surface area contributed by atoms with Crippen molar-refractivity contribution in [3.63, 3.8) is 0 Å². The summed E-state index contributed by atoms with van der Waals surface area (Å²) in [5.74, 6) is 6.18. The van der Waals surface area contributed by atoms with E-state index in [1.807, 2.05) is 0 Å². The number of hydrogen-bond donors (Lipinski definition) is 1. The van der Waals surface area contributed by atoms with Crippen molar-refractivity contribution >= 4 is 23.3 Å². The van der Waals surface area contributed by atoms with Gasteiger partial charge in [0.05, 0.1) is 17.8 Å². The van der Waals surface area contributed by atoms with Gasteiger partial charge in [0.15, 0.2) is 0 Å². The van der Waals surface area contributed by atoms with E-state index in [0.717, 1.165) is 5.01 Å². The van der Waals surface area contributed by atoms with E-state index in [1.165, 1.54) is 12.0 Å². The maximum atomic E-state index is 11.6. The summed E-state index contributed by atoms with van der Waals surface area (Å²) in [6.45, 7) is 0. The predicted molar refractivity (Wildman–Crippen MR) is 63.8 cm³/mol. The van der Waals surface area contributed by atoms with Gasteiger partial charge in [-0.2, -0.15) is 0 Å². The van der Waals surface area contributed by atoms with E-state index < -0.39 is 0 Å². The summed E-state index contributed by atoms with van der Waals surface area (Å²) in [6, 6.07) is 4.55. The number of amides is 2. The van der Waals surface area contributed by atoms with Gasteiger partial charge in [-0.05, 0) is 18.2 Å². The van der Waals surface area contributed by atoms with Crippen molar-refractivity contribution in [2.24, 2.45) is 5.84 Å². The molecule has 0 bridgehead atoms. The van der Waals surface area contributed by atoms with Gasteiger partial charge in [-0.25, -0.2) is 15.6 Å². The normalized spacial score (nSPS) is 9.81. The van der Waals surface area contributed by atoms with Crippen LogP contribution in [0.2, 0.25) is 5.02 Å². The lowest BCUT2D eigenvalue weighted by Gasteiger charge is -2.21. The number of halogens is 1. The predicted octanol–water partition coefficient (Wildman–Crippen LogP) is 1.71. The molecule has 1 aromatic carbocycles. The van der Waals surface area contributed by atoms with E-state index in [9.17, 15) is 4.79 Å². The Balaban J connectivity index is 2.97. The molecule has 0 unspecified atom stereocenters. The van der Waals surface area contributed by atoms with Gasteiger partial charge >= 0.3 is 6.03 Å². The Morgan fingerprint density at radius 2 is 2.06 bits per heavy atom. The topological polar surface area (TPSA) is 58.8 Å². The monoisotopic (exact) mass is 243 g/mol. The van der Waals surface area contributed by atoms with E-state index in [4.69, 9.17) is 22.2 Å². The molecule has 0 aromatic heterocycles. The zero-order chi connectivity index (χ0) is 12.3. The summed E-state index contributed by atoms with van der Waals surface area (Å²) in [5.41, 5.74) is 0.504. The van der Waals surface area contributed by atoms with Crippen LogP contribution in [0.5, 0.6) is 5.75 Å². The van der Waals surface area contributed by atoms with Crippen LogP contribution in [-0.4, -0.2) is 32.1 Å². The Morgan fingerprint density at radius 3 is 2.50 bits per heavy atom. The van der Waals surface area contributed by atoms with Gasteiger partial charge in [0.1, 0.15) is 5.75 Å². The maximum absolute atomic E-state index is 11.6. The number of nitrogens with two attached hydrogens (primary N) is 1. The van der Waals surface area contributed by atoms with Gasteiger partial charge in [-0.15, -0.1) is 0 Å². The first-order valence-electron chi connectivity index (χ1n) is 4.57. The second kappa shape index (κ2) is 5.05. The van der Waals surface area contributed by atoms with Gasteiger partial charge < -0.3 is 9.64 Å². The molecule has 2 amide bonds. The molecule has 16 heavy (non-hydrogen) atoms. The number of urea groups is 1. The molecule has 6 heteroatoms. The molecule has 88 valence electrons. The minimum atomic E-state index is -0.332. The van der Waals surface area contributed by atoms with Gasteiger partial charge in [0.25, 0.3) is 0 Å². The van der Waals surface area contributed by atoms with Crippen LogP contribution in [0.25, 0.3) is 0 Å². The highest BCUT2D eigenvalue weighted by molar-refractivity contribution is 6.32. The third-order valence-corrected chi connectivity index (χ3v) is 2.30. The molecule has 0 saturated heterocycles. The van der Waals surface area contributed by atoms with Crippen molar-refractivity contribution in [3.8, 4) is 5.75 Å². The quantitative estimate of drug-likeness (QED) is 0.489. The molecule has 0 aliphatic carbocycles. The van der Waals surface area contributed by atoms with Crippen LogP contribution in [0, 0.1) is 0 Å². The number of carbonyl (C=O) groups excluding carboxylic acids is 1. The molecule has 0 fully saturated rings. The summed E-state index contributed by atoms with van der Waals surface area (Å²) in [7, 11) is 4.76. The lowest BCUT2D eigenvalue weighted by atomic mass is 10.3. The molecule has 1 rings (SSSR count). The van der Waals surface area contributed by atoms with Crippen LogP contribution in [0.4, 0.5) is 10.5 Å². The van der Waals surface area contributed by atoms with Crippen molar-refractivity contribution in [2.75, 3.05) is 26.2 Å². The molecule has 1 aromatic rings. The lowest BCUT2D eigenvalue weighted by Crippen LogP contribution is -2.44. The van der Waals surface area contributed by atoms with Crippen molar-refractivity contribution < 1.29 is 9.53 Å². The molecular weight excluding hydrogens is 230 g/mol. The Bertz CT molecular complexity index is 396. The van der Waals surface area contributed by atoms with Crippen LogP contribution in [0.1, 0.15) is 0 Å². The maximum Gasteiger partial charge on any atom is 0.338 e. The molecular formula is C10H14ClN3O2. The summed E-state index contributed by atoms with van der Waals surface area (Å²) in [5, 5.41) is 1.42. The SMILES string of the molecule is COc1ccc(N(N)C(=O)N(C)C)cc1Cl. The van der Waals surface area contributed by atoms with Crippen molar-refractivity contribution in [1.82, 2.24) is 4.90 Å². The Morgan fingerprint density at radius 1 is 1.44 bits per heavy atom. The Hall–Kier alpha value is -1.46. The molecule has 2 N–H and O–H groups in total. The van der Waals surface area contributed by atoms with Crippen LogP contribution >= 0.6 is 11.6 Å². The van der Waals surface area contributed by atoms with E-state index >= 15 is 0 Å². The van der Waals surface area contributed by atoms with Crippen LogP contribution in [0.15, 0.2) is 18.2 Å². The average Bonchev–Trinajstić information content (AvgIpc) is 2.26. The highest BCUT2D eigenvalue weighted by Gasteiger charge is 2.14. The van der Waals surface area contributed by atoms with Crippen LogP contribution in [-0.2, 0) is 0 Å². The number of anilines is 1. The first kappa shape index (κ1) is 12.6. The van der Waals surface area contributed by atoms with Gasteiger partial charge in [-0.3, -0.25) is 0 Å². The smallest absolute Gasteiger partial charge is 0.338 e. The van der Waals surface area contributed by atoms with E-state index in [-0.39, 0.29) is 6.03 Å². The minimum absolute atomic E-state index is 0.332. The van der Waals surface area contributed by atoms with Gasteiger partial charge in [-0.1, -0.05) is 11.6 Å². The molecule has 0 aliphatic heterocycles. The van der Waals surface area contributed by atoms with Crippen molar-refractivity contribution in [3.05, 3.63) is 23.2 Å². The first-order chi connectivity index (χ1) is 7.47. The van der Waals surface area contributed by atoms with E-state index in [0.29, 0.717) is 16.5 Å². The highest BCUT2D eigenvalue weighted by atomic mass is 35.5. The number of hydrazine groups is 1. The number of ether oxygens (including phenoxy) is 1. The summed E-state index contributed by atoms with van der Waals surface area (Å²) < 4.78 is 5.00. The third kappa shape index (κ3) is 2.56. The number of rotatable bonds is 2. The molecule has 0 heterocycles. The second-order valence-electron chi connectivity index (χ2n) is 3.37. The largest absolute Gasteiger partial charge is 0.495 e. The zero-order valence-corrected chi connectivity index (χ0v) is 10.2. The summed E-state index contributed by atoms with van der Waals surface area (Å²) in [4.78, 5) is 12.9. The fourth-order valence-electron chi connectivity index (χ4n) is 1.13. The zero-order valence-electron chi connectivity index (χ0n) is 9.40. The molecule has 5 nitrogen and oxygen atoms in total. The van der Waals surface area contributed by atoms with Crippen molar-refractivity contribution in [2.45, 2.75) is 0 Å². The highest BCUT2D eigenvalue weighted by Crippen LogP contribution is 2.28. The molecule has 0 radical (unpaired) electrons. The number of methoxy groups -OCH3 is 1. The van der Waals surface area contributed by atoms with Crippen LogP contribution < -0.4 is 15.6 Å². The number of benzene rings is 1. The lowest BCUT2D eigenvalue weighted by molar-refractivity contribution is 0.224. The fraction of sp³-hybridized carbons (Fsp3) is 0.300. The number of nitrogens with zero attached hydrogens (tertiary/aromatic N) is 2. The molecule has 0 aliphatic rings. The molecule has 0 saturated carbocycles. The van der Waals surface area contributed by atoms with E-state index in [2.05, 4.69) is 0 Å². The second-order valence-corrected chi connectivity index (χ2v) is 3.77. The van der Waals surface area contributed by atoms with Gasteiger partial charge in [0, 0.05) is 14.1 Å². The van der Waals surface area contributed by atoms with Crippen molar-refractivity contribution in [1.29, 1.82) is 0 Å². The molecule has 0 atom stereocenters. The Kier molecular flexibility index (Phi) is 3.98. The first-order valence-corrected chi connectivity index (χ1v) is 4.94.